The van der Waals surface area contributed by atoms with Gasteiger partial charge < -0.3 is 14.8 Å². The lowest BCUT2D eigenvalue weighted by atomic mass is 10.2. The second kappa shape index (κ2) is 5.83. The molecule has 21 heavy (non-hydrogen) atoms. The zero-order valence-electron chi connectivity index (χ0n) is 11.7. The van der Waals surface area contributed by atoms with Crippen molar-refractivity contribution in [1.29, 1.82) is 0 Å². The Labute approximate surface area is 122 Å². The number of carbonyl (C=O) groups is 1. The van der Waals surface area contributed by atoms with Gasteiger partial charge in [-0.05, 0) is 31.2 Å². The van der Waals surface area contributed by atoms with E-state index in [1.165, 1.54) is 0 Å². The molecule has 0 spiro atoms. The van der Waals surface area contributed by atoms with Gasteiger partial charge in [-0.25, -0.2) is 0 Å². The predicted molar refractivity (Wildman–Crippen MR) is 77.7 cm³/mol. The molecular formula is C16H16N2O3. The molecule has 1 unspecified atom stereocenters. The van der Waals surface area contributed by atoms with Gasteiger partial charge in [0.05, 0.1) is 6.54 Å². The molecule has 0 fully saturated rings. The molecular weight excluding hydrogens is 268 g/mol. The Morgan fingerprint density at radius 2 is 2.14 bits per heavy atom. The first-order valence-electron chi connectivity index (χ1n) is 6.82. The zero-order valence-corrected chi connectivity index (χ0v) is 11.7. The van der Waals surface area contributed by atoms with E-state index in [9.17, 15) is 4.79 Å². The Balaban J connectivity index is 1.58. The molecule has 2 heterocycles. The first-order valence-corrected chi connectivity index (χ1v) is 6.82. The molecule has 5 nitrogen and oxygen atoms in total. The van der Waals surface area contributed by atoms with Crippen molar-refractivity contribution in [3.8, 4) is 11.5 Å². The van der Waals surface area contributed by atoms with Crippen LogP contribution in [0.25, 0.3) is 0 Å². The highest BCUT2D eigenvalue weighted by Crippen LogP contribution is 2.30. The summed E-state index contributed by atoms with van der Waals surface area (Å²) in [4.78, 5) is 16.1. The Kier molecular flexibility index (Phi) is 3.73. The van der Waals surface area contributed by atoms with E-state index in [1.54, 1.807) is 18.3 Å². The van der Waals surface area contributed by atoms with E-state index in [-0.39, 0.29) is 12.0 Å². The van der Waals surface area contributed by atoms with Crippen LogP contribution in [0, 0.1) is 6.92 Å². The fourth-order valence-corrected chi connectivity index (χ4v) is 2.16. The van der Waals surface area contributed by atoms with E-state index in [4.69, 9.17) is 9.47 Å². The maximum atomic E-state index is 12.0. The van der Waals surface area contributed by atoms with Crippen molar-refractivity contribution in [3.05, 3.63) is 53.9 Å². The van der Waals surface area contributed by atoms with Crippen molar-refractivity contribution in [2.45, 2.75) is 13.0 Å². The molecule has 2 aromatic rings. The normalized spacial score (nSPS) is 16.3. The van der Waals surface area contributed by atoms with Crippen LogP contribution in [0.5, 0.6) is 11.5 Å². The number of pyridine rings is 1. The second-order valence-corrected chi connectivity index (χ2v) is 4.89. The van der Waals surface area contributed by atoms with Gasteiger partial charge in [-0.3, -0.25) is 9.78 Å². The highest BCUT2D eigenvalue weighted by Gasteiger charge is 2.21. The Bertz CT molecular complexity index is 657. The van der Waals surface area contributed by atoms with Gasteiger partial charge in [-0.15, -0.1) is 0 Å². The molecule has 0 radical (unpaired) electrons. The molecule has 1 atom stereocenters. The molecule has 1 aromatic carbocycles. The van der Waals surface area contributed by atoms with E-state index < -0.39 is 0 Å². The van der Waals surface area contributed by atoms with Gasteiger partial charge >= 0.3 is 0 Å². The van der Waals surface area contributed by atoms with Crippen molar-refractivity contribution in [2.24, 2.45) is 0 Å². The molecule has 0 saturated heterocycles. The third-order valence-corrected chi connectivity index (χ3v) is 3.22. The predicted octanol–water partition coefficient (Wildman–Crippen LogP) is 1.96. The SMILES string of the molecule is Cc1cc(C(=O)NCC2COc3ccccc3O2)ccn1. The Morgan fingerprint density at radius 3 is 2.95 bits per heavy atom. The van der Waals surface area contributed by atoms with E-state index in [2.05, 4.69) is 10.3 Å². The number of nitrogens with one attached hydrogen (secondary N) is 1. The van der Waals surface area contributed by atoms with Crippen LogP contribution in [0.1, 0.15) is 16.1 Å². The lowest BCUT2D eigenvalue weighted by Crippen LogP contribution is -2.40. The molecule has 5 heteroatoms. The molecule has 0 saturated carbocycles. The minimum Gasteiger partial charge on any atom is -0.486 e. The Morgan fingerprint density at radius 1 is 1.33 bits per heavy atom. The highest BCUT2D eigenvalue weighted by atomic mass is 16.6. The average Bonchev–Trinajstić information content (AvgIpc) is 2.52. The smallest absolute Gasteiger partial charge is 0.251 e. The van der Waals surface area contributed by atoms with Crippen LogP contribution in [-0.2, 0) is 0 Å². The minimum atomic E-state index is -0.188. The topological polar surface area (TPSA) is 60.5 Å². The number of hydrogen-bond donors (Lipinski definition) is 1. The van der Waals surface area contributed by atoms with Crippen molar-refractivity contribution in [3.63, 3.8) is 0 Å². The summed E-state index contributed by atoms with van der Waals surface area (Å²) in [6.07, 6.45) is 1.44. The quantitative estimate of drug-likeness (QED) is 0.936. The minimum absolute atomic E-state index is 0.136. The number of aryl methyl sites for hydroxylation is 1. The summed E-state index contributed by atoms with van der Waals surface area (Å²) in [7, 11) is 0. The van der Waals surface area contributed by atoms with Crippen molar-refractivity contribution >= 4 is 5.91 Å². The number of ether oxygens (including phenoxy) is 2. The van der Waals surface area contributed by atoms with Crippen LogP contribution >= 0.6 is 0 Å². The van der Waals surface area contributed by atoms with Crippen LogP contribution < -0.4 is 14.8 Å². The number of nitrogens with zero attached hydrogens (tertiary/aromatic N) is 1. The fraction of sp³-hybridized carbons (Fsp3) is 0.250. The third kappa shape index (κ3) is 3.13. The summed E-state index contributed by atoms with van der Waals surface area (Å²) in [5.74, 6) is 1.32. The first kappa shape index (κ1) is 13.4. The van der Waals surface area contributed by atoms with Gasteiger partial charge in [0, 0.05) is 17.5 Å². The van der Waals surface area contributed by atoms with Crippen LogP contribution in [0.4, 0.5) is 0 Å². The number of amides is 1. The van der Waals surface area contributed by atoms with Gasteiger partial charge in [0.15, 0.2) is 11.5 Å². The summed E-state index contributed by atoms with van der Waals surface area (Å²) in [6.45, 7) is 2.67. The number of benzene rings is 1. The van der Waals surface area contributed by atoms with Crippen LogP contribution in [0.3, 0.4) is 0 Å². The van der Waals surface area contributed by atoms with Gasteiger partial charge in [0.25, 0.3) is 5.91 Å². The van der Waals surface area contributed by atoms with E-state index in [0.717, 1.165) is 11.4 Å². The molecule has 3 rings (SSSR count). The summed E-state index contributed by atoms with van der Waals surface area (Å²) < 4.78 is 11.4. The highest BCUT2D eigenvalue weighted by molar-refractivity contribution is 5.94. The van der Waals surface area contributed by atoms with Crippen LogP contribution in [0.2, 0.25) is 0 Å². The van der Waals surface area contributed by atoms with Gasteiger partial charge in [0.2, 0.25) is 0 Å². The molecule has 1 amide bonds. The van der Waals surface area contributed by atoms with E-state index >= 15 is 0 Å². The summed E-state index contributed by atoms with van der Waals surface area (Å²) in [5, 5.41) is 2.85. The number of carbonyl (C=O) groups excluding carboxylic acids is 1. The molecule has 0 aliphatic carbocycles. The first-order chi connectivity index (χ1) is 10.2. The summed E-state index contributed by atoms with van der Waals surface area (Å²) in [6, 6.07) is 11.0. The maximum Gasteiger partial charge on any atom is 0.251 e. The number of rotatable bonds is 3. The van der Waals surface area contributed by atoms with Gasteiger partial charge in [-0.1, -0.05) is 12.1 Å². The lowest BCUT2D eigenvalue weighted by molar-refractivity contribution is 0.0789. The Hall–Kier alpha value is -2.56. The standard InChI is InChI=1S/C16H16N2O3/c1-11-8-12(6-7-17-11)16(19)18-9-13-10-20-14-4-2-3-5-15(14)21-13/h2-8,13H,9-10H2,1H3,(H,18,19). The van der Waals surface area contributed by atoms with E-state index in [1.807, 2.05) is 31.2 Å². The molecule has 1 aliphatic heterocycles. The maximum absolute atomic E-state index is 12.0. The van der Waals surface area contributed by atoms with E-state index in [0.29, 0.717) is 24.5 Å². The average molecular weight is 284 g/mol. The van der Waals surface area contributed by atoms with Crippen molar-refractivity contribution in [2.75, 3.05) is 13.2 Å². The molecule has 1 N–H and O–H groups in total. The van der Waals surface area contributed by atoms with Crippen molar-refractivity contribution in [1.82, 2.24) is 10.3 Å². The van der Waals surface area contributed by atoms with Crippen molar-refractivity contribution < 1.29 is 14.3 Å². The van der Waals surface area contributed by atoms with Crippen LogP contribution in [-0.4, -0.2) is 30.1 Å². The third-order valence-electron chi connectivity index (χ3n) is 3.22. The monoisotopic (exact) mass is 284 g/mol. The number of fused-ring (bicyclic) bond motifs is 1. The number of aromatic nitrogens is 1. The number of para-hydroxylation sites is 2. The largest absolute Gasteiger partial charge is 0.486 e. The second-order valence-electron chi connectivity index (χ2n) is 4.89. The van der Waals surface area contributed by atoms with Gasteiger partial charge in [0.1, 0.15) is 12.7 Å². The molecule has 1 aliphatic rings. The summed E-state index contributed by atoms with van der Waals surface area (Å²) in [5.41, 5.74) is 1.41. The summed E-state index contributed by atoms with van der Waals surface area (Å²) >= 11 is 0. The lowest BCUT2D eigenvalue weighted by Gasteiger charge is -2.26. The molecule has 108 valence electrons. The van der Waals surface area contributed by atoms with Gasteiger partial charge in [-0.2, -0.15) is 0 Å². The molecule has 1 aromatic heterocycles. The zero-order chi connectivity index (χ0) is 14.7. The fourth-order valence-electron chi connectivity index (χ4n) is 2.16. The molecule has 0 bridgehead atoms. The van der Waals surface area contributed by atoms with Crippen LogP contribution in [0.15, 0.2) is 42.6 Å². The number of hydrogen-bond acceptors (Lipinski definition) is 4.